The minimum atomic E-state index is -0.176. The zero-order valence-corrected chi connectivity index (χ0v) is 7.33. The minimum absolute atomic E-state index is 0.170. The third-order valence-electron chi connectivity index (χ3n) is 1.59. The Balaban J connectivity index is 2.81. The van der Waals surface area contributed by atoms with Gasteiger partial charge in [-0.05, 0) is 11.6 Å². The van der Waals surface area contributed by atoms with Crippen LogP contribution in [0.3, 0.4) is 0 Å². The quantitative estimate of drug-likeness (QED) is 0.332. The van der Waals surface area contributed by atoms with Gasteiger partial charge in [0.05, 0.1) is 0 Å². The molecule has 0 radical (unpaired) electrons. The zero-order chi connectivity index (χ0) is 10.4. The highest BCUT2D eigenvalue weighted by Gasteiger charge is 2.00. The standard InChI is InChI=1S/C9H9N3O2/c10-12-11-6-2-4-7-3-1-5-8(13)9(7)14/h1-5,13-14H,6H2. The molecule has 14 heavy (non-hydrogen) atoms. The van der Waals surface area contributed by atoms with Crippen molar-refractivity contribution in [1.82, 2.24) is 0 Å². The van der Waals surface area contributed by atoms with Gasteiger partial charge in [0.25, 0.3) is 0 Å². The van der Waals surface area contributed by atoms with E-state index in [1.807, 2.05) is 0 Å². The zero-order valence-electron chi connectivity index (χ0n) is 7.33. The van der Waals surface area contributed by atoms with Gasteiger partial charge in [-0.25, -0.2) is 0 Å². The number of para-hydroxylation sites is 1. The van der Waals surface area contributed by atoms with Gasteiger partial charge in [0, 0.05) is 17.0 Å². The van der Waals surface area contributed by atoms with Gasteiger partial charge in [-0.1, -0.05) is 29.4 Å². The Bertz CT molecular complexity index is 395. The second-order valence-electron chi connectivity index (χ2n) is 2.53. The molecule has 0 aromatic heterocycles. The Morgan fingerprint density at radius 2 is 2.21 bits per heavy atom. The van der Waals surface area contributed by atoms with Crippen LogP contribution in [0.4, 0.5) is 0 Å². The van der Waals surface area contributed by atoms with Crippen LogP contribution in [0, 0.1) is 0 Å². The summed E-state index contributed by atoms with van der Waals surface area (Å²) in [5, 5.41) is 21.8. The maximum absolute atomic E-state index is 9.35. The van der Waals surface area contributed by atoms with Gasteiger partial charge in [-0.2, -0.15) is 0 Å². The predicted octanol–water partition coefficient (Wildman–Crippen LogP) is 2.42. The number of rotatable bonds is 3. The van der Waals surface area contributed by atoms with Crippen molar-refractivity contribution < 1.29 is 10.2 Å². The lowest BCUT2D eigenvalue weighted by molar-refractivity contribution is 0.403. The van der Waals surface area contributed by atoms with Crippen LogP contribution in [0.15, 0.2) is 29.4 Å². The summed E-state index contributed by atoms with van der Waals surface area (Å²) in [6.07, 6.45) is 3.16. The van der Waals surface area contributed by atoms with E-state index >= 15 is 0 Å². The van der Waals surface area contributed by atoms with Gasteiger partial charge in [0.1, 0.15) is 0 Å². The molecule has 0 saturated carbocycles. The Labute approximate surface area is 80.6 Å². The van der Waals surface area contributed by atoms with E-state index in [0.29, 0.717) is 5.56 Å². The highest BCUT2D eigenvalue weighted by Crippen LogP contribution is 2.28. The number of phenols is 2. The first kappa shape index (κ1) is 9.95. The van der Waals surface area contributed by atoms with Crippen molar-refractivity contribution in [3.63, 3.8) is 0 Å². The molecule has 0 spiro atoms. The summed E-state index contributed by atoms with van der Waals surface area (Å²) in [5.74, 6) is -0.347. The molecule has 1 aromatic carbocycles. The molecule has 0 aliphatic rings. The van der Waals surface area contributed by atoms with Crippen molar-refractivity contribution in [3.05, 3.63) is 40.3 Å². The summed E-state index contributed by atoms with van der Waals surface area (Å²) in [7, 11) is 0. The van der Waals surface area contributed by atoms with Crippen molar-refractivity contribution >= 4 is 6.08 Å². The first-order valence-corrected chi connectivity index (χ1v) is 3.94. The molecule has 0 saturated heterocycles. The van der Waals surface area contributed by atoms with Crippen molar-refractivity contribution in [1.29, 1.82) is 0 Å². The summed E-state index contributed by atoms with van der Waals surface area (Å²) in [5.41, 5.74) is 8.48. The Hall–Kier alpha value is -2.13. The molecule has 0 unspecified atom stereocenters. The molecule has 0 atom stereocenters. The SMILES string of the molecule is [N-]=[N+]=NCC=Cc1cccc(O)c1O. The molecule has 5 nitrogen and oxygen atoms in total. The van der Waals surface area contributed by atoms with Crippen molar-refractivity contribution in [2.45, 2.75) is 0 Å². The van der Waals surface area contributed by atoms with Crippen LogP contribution in [-0.4, -0.2) is 16.8 Å². The highest BCUT2D eigenvalue weighted by atomic mass is 16.3. The number of phenolic OH excluding ortho intramolecular Hbond substituents is 2. The maximum atomic E-state index is 9.35. The van der Waals surface area contributed by atoms with Gasteiger partial charge in [-0.15, -0.1) is 0 Å². The van der Waals surface area contributed by atoms with Gasteiger partial charge in [-0.3, -0.25) is 0 Å². The average Bonchev–Trinajstić information content (AvgIpc) is 2.19. The van der Waals surface area contributed by atoms with E-state index < -0.39 is 0 Å². The van der Waals surface area contributed by atoms with Gasteiger partial charge in [0.15, 0.2) is 11.5 Å². The largest absolute Gasteiger partial charge is 0.504 e. The molecule has 0 heterocycles. The van der Waals surface area contributed by atoms with Crippen LogP contribution in [0.5, 0.6) is 11.5 Å². The van der Waals surface area contributed by atoms with E-state index in [4.69, 9.17) is 10.6 Å². The average molecular weight is 191 g/mol. The summed E-state index contributed by atoms with van der Waals surface area (Å²) < 4.78 is 0. The topological polar surface area (TPSA) is 89.2 Å². The maximum Gasteiger partial charge on any atom is 0.164 e. The predicted molar refractivity (Wildman–Crippen MR) is 52.8 cm³/mol. The van der Waals surface area contributed by atoms with E-state index in [1.165, 1.54) is 6.07 Å². The van der Waals surface area contributed by atoms with Crippen molar-refractivity contribution in [2.75, 3.05) is 6.54 Å². The Morgan fingerprint density at radius 3 is 2.93 bits per heavy atom. The molecule has 1 rings (SSSR count). The van der Waals surface area contributed by atoms with Crippen LogP contribution in [0.2, 0.25) is 0 Å². The van der Waals surface area contributed by atoms with E-state index in [0.717, 1.165) is 0 Å². The lowest BCUT2D eigenvalue weighted by atomic mass is 10.2. The second kappa shape index (κ2) is 4.79. The van der Waals surface area contributed by atoms with Gasteiger partial charge < -0.3 is 10.2 Å². The lowest BCUT2D eigenvalue weighted by Gasteiger charge is -1.99. The summed E-state index contributed by atoms with van der Waals surface area (Å²) in [4.78, 5) is 2.57. The molecule has 72 valence electrons. The molecular formula is C9H9N3O2. The fourth-order valence-corrected chi connectivity index (χ4v) is 0.946. The first-order valence-electron chi connectivity index (χ1n) is 3.94. The first-order chi connectivity index (χ1) is 6.75. The molecule has 0 aliphatic heterocycles. The number of nitrogens with zero attached hydrogens (tertiary/aromatic N) is 3. The van der Waals surface area contributed by atoms with E-state index in [2.05, 4.69) is 10.0 Å². The van der Waals surface area contributed by atoms with Crippen molar-refractivity contribution in [3.8, 4) is 11.5 Å². The van der Waals surface area contributed by atoms with Crippen LogP contribution in [0.1, 0.15) is 5.56 Å². The fraction of sp³-hybridized carbons (Fsp3) is 0.111. The number of hydrogen-bond donors (Lipinski definition) is 2. The molecule has 2 N–H and O–H groups in total. The van der Waals surface area contributed by atoms with Gasteiger partial charge in [0.2, 0.25) is 0 Å². The lowest BCUT2D eigenvalue weighted by Crippen LogP contribution is -1.76. The minimum Gasteiger partial charge on any atom is -0.504 e. The van der Waals surface area contributed by atoms with E-state index in [9.17, 15) is 5.11 Å². The highest BCUT2D eigenvalue weighted by molar-refractivity contribution is 5.61. The summed E-state index contributed by atoms with van der Waals surface area (Å²) >= 11 is 0. The molecule has 5 heteroatoms. The second-order valence-corrected chi connectivity index (χ2v) is 2.53. The van der Waals surface area contributed by atoms with Crippen molar-refractivity contribution in [2.24, 2.45) is 5.11 Å². The van der Waals surface area contributed by atoms with Crippen LogP contribution in [-0.2, 0) is 0 Å². The van der Waals surface area contributed by atoms with Crippen LogP contribution < -0.4 is 0 Å². The number of hydrogen-bond acceptors (Lipinski definition) is 3. The molecule has 0 amide bonds. The Morgan fingerprint density at radius 1 is 1.43 bits per heavy atom. The molecular weight excluding hydrogens is 182 g/mol. The summed E-state index contributed by atoms with van der Waals surface area (Å²) in [6, 6.07) is 4.64. The fourth-order valence-electron chi connectivity index (χ4n) is 0.946. The molecule has 0 bridgehead atoms. The van der Waals surface area contributed by atoms with E-state index in [-0.39, 0.29) is 18.0 Å². The number of aromatic hydroxyl groups is 2. The van der Waals surface area contributed by atoms with E-state index in [1.54, 1.807) is 24.3 Å². The number of benzene rings is 1. The smallest absolute Gasteiger partial charge is 0.164 e. The Kier molecular flexibility index (Phi) is 3.41. The molecule has 0 fully saturated rings. The third kappa shape index (κ3) is 2.43. The number of azide groups is 1. The summed E-state index contributed by atoms with van der Waals surface area (Å²) in [6.45, 7) is 0.214. The third-order valence-corrected chi connectivity index (χ3v) is 1.59. The monoisotopic (exact) mass is 191 g/mol. The van der Waals surface area contributed by atoms with Gasteiger partial charge >= 0.3 is 0 Å². The molecule has 1 aromatic rings. The van der Waals surface area contributed by atoms with Crippen LogP contribution in [0.25, 0.3) is 16.5 Å². The van der Waals surface area contributed by atoms with Crippen LogP contribution >= 0.6 is 0 Å². The normalized spacial score (nSPS) is 10.0. The molecule has 0 aliphatic carbocycles.